The van der Waals surface area contributed by atoms with Crippen LogP contribution in [-0.2, 0) is 22.6 Å². The van der Waals surface area contributed by atoms with E-state index in [1.54, 1.807) is 23.3 Å². The number of methoxy groups -OCH3 is 1. The molecule has 0 aliphatic carbocycles. The van der Waals surface area contributed by atoms with E-state index >= 15 is 0 Å². The van der Waals surface area contributed by atoms with E-state index in [2.05, 4.69) is 5.32 Å². The quantitative estimate of drug-likeness (QED) is 0.483. The van der Waals surface area contributed by atoms with E-state index in [0.717, 1.165) is 16.0 Å². The fraction of sp³-hybridized carbons (Fsp3) is 0.280. The lowest BCUT2D eigenvalue weighted by molar-refractivity contribution is -0.133. The number of nitrogens with one attached hydrogen (secondary N) is 1. The third-order valence-corrected chi connectivity index (χ3v) is 5.84. The lowest BCUT2D eigenvalue weighted by atomic mass is 10.2. The molecule has 1 heterocycles. The minimum Gasteiger partial charge on any atom is -0.383 e. The first-order chi connectivity index (χ1) is 15.5. The maximum Gasteiger partial charge on any atom is 0.322 e. The van der Waals surface area contributed by atoms with E-state index < -0.39 is 0 Å². The van der Waals surface area contributed by atoms with Gasteiger partial charge in [0, 0.05) is 30.8 Å². The molecule has 1 N–H and O–H groups in total. The molecule has 32 heavy (non-hydrogen) atoms. The largest absolute Gasteiger partial charge is 0.383 e. The molecule has 3 amide bonds. The number of hydrogen-bond acceptors (Lipinski definition) is 4. The Bertz CT molecular complexity index is 975. The molecule has 1 aromatic heterocycles. The van der Waals surface area contributed by atoms with Crippen LogP contribution >= 0.6 is 11.3 Å². The average molecular weight is 452 g/mol. The highest BCUT2D eigenvalue weighted by atomic mass is 32.1. The zero-order valence-electron chi connectivity index (χ0n) is 18.5. The van der Waals surface area contributed by atoms with E-state index in [1.165, 1.54) is 4.90 Å². The van der Waals surface area contributed by atoms with Crippen molar-refractivity contribution in [1.29, 1.82) is 0 Å². The molecule has 0 saturated carbocycles. The molecule has 0 radical (unpaired) electrons. The highest BCUT2D eigenvalue weighted by Gasteiger charge is 2.22. The lowest BCUT2D eigenvalue weighted by Gasteiger charge is -2.27. The summed E-state index contributed by atoms with van der Waals surface area (Å²) in [7, 11) is 1.58. The second-order valence-corrected chi connectivity index (χ2v) is 8.56. The van der Waals surface area contributed by atoms with Crippen LogP contribution in [0.25, 0.3) is 0 Å². The van der Waals surface area contributed by atoms with E-state index in [4.69, 9.17) is 4.74 Å². The zero-order valence-corrected chi connectivity index (χ0v) is 19.3. The summed E-state index contributed by atoms with van der Waals surface area (Å²) in [6, 6.07) is 21.1. The predicted molar refractivity (Wildman–Crippen MR) is 129 cm³/mol. The number of aryl methyl sites for hydroxylation is 1. The molecule has 6 nitrogen and oxygen atoms in total. The topological polar surface area (TPSA) is 61.9 Å². The van der Waals surface area contributed by atoms with Crippen molar-refractivity contribution in [1.82, 2.24) is 9.80 Å². The minimum absolute atomic E-state index is 0.0285. The van der Waals surface area contributed by atoms with Gasteiger partial charge in [0.2, 0.25) is 5.91 Å². The van der Waals surface area contributed by atoms with Gasteiger partial charge in [-0.2, -0.15) is 0 Å². The summed E-state index contributed by atoms with van der Waals surface area (Å²) < 4.78 is 5.17. The Morgan fingerprint density at radius 2 is 1.69 bits per heavy atom. The monoisotopic (exact) mass is 451 g/mol. The smallest absolute Gasteiger partial charge is 0.322 e. The summed E-state index contributed by atoms with van der Waals surface area (Å²) in [6.45, 7) is 3.61. The number of amides is 3. The molecule has 0 saturated heterocycles. The van der Waals surface area contributed by atoms with Crippen molar-refractivity contribution in [3.8, 4) is 0 Å². The number of nitrogens with zero attached hydrogens (tertiary/aromatic N) is 2. The van der Waals surface area contributed by atoms with Gasteiger partial charge in [0.25, 0.3) is 0 Å². The van der Waals surface area contributed by atoms with Gasteiger partial charge in [-0.15, -0.1) is 11.3 Å². The molecule has 2 aromatic carbocycles. The zero-order chi connectivity index (χ0) is 22.8. The Hall–Kier alpha value is -3.16. The highest BCUT2D eigenvalue weighted by molar-refractivity contribution is 7.09. The maximum atomic E-state index is 13.3. The second kappa shape index (κ2) is 12.0. The van der Waals surface area contributed by atoms with Crippen LogP contribution in [0.15, 0.2) is 72.1 Å². The summed E-state index contributed by atoms with van der Waals surface area (Å²) in [6.07, 6.45) is 0. The average Bonchev–Trinajstić information content (AvgIpc) is 3.31. The lowest BCUT2D eigenvalue weighted by Crippen LogP contribution is -2.45. The number of urea groups is 1. The Morgan fingerprint density at radius 1 is 0.938 bits per heavy atom. The molecule has 0 aliphatic heterocycles. The number of hydrogen-bond donors (Lipinski definition) is 1. The van der Waals surface area contributed by atoms with Gasteiger partial charge < -0.3 is 19.9 Å². The van der Waals surface area contributed by atoms with Gasteiger partial charge in [-0.3, -0.25) is 4.79 Å². The van der Waals surface area contributed by atoms with Crippen molar-refractivity contribution < 1.29 is 14.3 Å². The normalized spacial score (nSPS) is 10.6. The van der Waals surface area contributed by atoms with Crippen molar-refractivity contribution >= 4 is 29.0 Å². The van der Waals surface area contributed by atoms with Crippen LogP contribution in [0.1, 0.15) is 16.0 Å². The first-order valence-corrected chi connectivity index (χ1v) is 11.4. The van der Waals surface area contributed by atoms with Crippen molar-refractivity contribution in [2.75, 3.05) is 32.1 Å². The van der Waals surface area contributed by atoms with Crippen LogP contribution in [0.4, 0.5) is 10.5 Å². The predicted octanol–water partition coefficient (Wildman–Crippen LogP) is 4.77. The third kappa shape index (κ3) is 7.21. The first-order valence-electron chi connectivity index (χ1n) is 10.5. The third-order valence-electron chi connectivity index (χ3n) is 4.98. The summed E-state index contributed by atoms with van der Waals surface area (Å²) in [5, 5.41) is 4.88. The Kier molecular flexibility index (Phi) is 8.83. The van der Waals surface area contributed by atoms with Crippen LogP contribution < -0.4 is 5.32 Å². The highest BCUT2D eigenvalue weighted by Crippen LogP contribution is 2.16. The fourth-order valence-corrected chi connectivity index (χ4v) is 3.90. The molecule has 3 aromatic rings. The number of rotatable bonds is 10. The molecule has 0 atom stereocenters. The van der Waals surface area contributed by atoms with E-state index in [1.807, 2.05) is 79.0 Å². The van der Waals surface area contributed by atoms with Crippen molar-refractivity contribution in [3.63, 3.8) is 0 Å². The molecule has 0 unspecified atom stereocenters. The van der Waals surface area contributed by atoms with Crippen LogP contribution in [0.5, 0.6) is 0 Å². The van der Waals surface area contributed by atoms with Crippen LogP contribution in [-0.4, -0.2) is 48.5 Å². The van der Waals surface area contributed by atoms with Crippen molar-refractivity contribution in [2.45, 2.75) is 20.0 Å². The fourth-order valence-electron chi connectivity index (χ4n) is 3.18. The van der Waals surface area contributed by atoms with Crippen LogP contribution in [0.3, 0.4) is 0 Å². The van der Waals surface area contributed by atoms with Gasteiger partial charge in [-0.05, 0) is 36.1 Å². The molecule has 0 aliphatic rings. The van der Waals surface area contributed by atoms with Gasteiger partial charge in [0.15, 0.2) is 0 Å². The molecule has 0 fully saturated rings. The SMILES string of the molecule is COCCN(CC(=O)N(Cc1ccccc1)Cc1cccs1)C(=O)Nc1ccc(C)cc1. The number of ether oxygens (including phenoxy) is 1. The van der Waals surface area contributed by atoms with Gasteiger partial charge in [-0.1, -0.05) is 54.1 Å². The number of thiophene rings is 1. The Morgan fingerprint density at radius 3 is 2.34 bits per heavy atom. The van der Waals surface area contributed by atoms with E-state index in [-0.39, 0.29) is 18.5 Å². The number of carbonyl (C=O) groups excluding carboxylic acids is 2. The number of anilines is 1. The summed E-state index contributed by atoms with van der Waals surface area (Å²) >= 11 is 1.61. The molecular formula is C25H29N3O3S. The molecular weight excluding hydrogens is 422 g/mol. The molecule has 168 valence electrons. The van der Waals surface area contributed by atoms with Gasteiger partial charge in [0.1, 0.15) is 6.54 Å². The summed E-state index contributed by atoms with van der Waals surface area (Å²) in [5.41, 5.74) is 2.85. The first kappa shape index (κ1) is 23.5. The maximum absolute atomic E-state index is 13.3. The molecule has 3 rings (SSSR count). The Balaban J connectivity index is 1.72. The van der Waals surface area contributed by atoms with Gasteiger partial charge in [0.05, 0.1) is 13.2 Å². The van der Waals surface area contributed by atoms with E-state index in [9.17, 15) is 9.59 Å². The van der Waals surface area contributed by atoms with Crippen LogP contribution in [0.2, 0.25) is 0 Å². The van der Waals surface area contributed by atoms with E-state index in [0.29, 0.717) is 31.9 Å². The molecule has 0 bridgehead atoms. The number of carbonyl (C=O) groups is 2. The van der Waals surface area contributed by atoms with Crippen LogP contribution in [0, 0.1) is 6.92 Å². The van der Waals surface area contributed by atoms with Gasteiger partial charge >= 0.3 is 6.03 Å². The number of benzene rings is 2. The molecule has 7 heteroatoms. The summed E-state index contributed by atoms with van der Waals surface area (Å²) in [5.74, 6) is -0.114. The molecule has 0 spiro atoms. The van der Waals surface area contributed by atoms with Crippen molar-refractivity contribution in [3.05, 3.63) is 88.1 Å². The minimum atomic E-state index is -0.324. The van der Waals surface area contributed by atoms with Gasteiger partial charge in [-0.25, -0.2) is 4.79 Å². The second-order valence-electron chi connectivity index (χ2n) is 7.53. The Labute approximate surface area is 193 Å². The van der Waals surface area contributed by atoms with Crippen molar-refractivity contribution in [2.24, 2.45) is 0 Å². The summed E-state index contributed by atoms with van der Waals surface area (Å²) in [4.78, 5) is 30.6. The standard InChI is InChI=1S/C25H29N3O3S/c1-20-10-12-22(13-11-20)26-25(30)27(14-15-31-2)19-24(29)28(18-23-9-6-16-32-23)17-21-7-4-3-5-8-21/h3-13,16H,14-15,17-19H2,1-2H3,(H,26,30).